The maximum atomic E-state index is 13.4. The fourth-order valence-corrected chi connectivity index (χ4v) is 5.16. The number of carbonyl (C=O) groups is 2. The predicted octanol–water partition coefficient (Wildman–Crippen LogP) is 4.84. The van der Waals surface area contributed by atoms with Gasteiger partial charge in [-0.05, 0) is 56.9 Å². The zero-order valence-electron chi connectivity index (χ0n) is 21.9. The van der Waals surface area contributed by atoms with Crippen LogP contribution in [-0.2, 0) is 26.2 Å². The summed E-state index contributed by atoms with van der Waals surface area (Å²) in [5.74, 6) is -0.400. The minimum absolute atomic E-state index is 0.101. The summed E-state index contributed by atoms with van der Waals surface area (Å²) >= 11 is 6.21. The molecule has 0 spiro atoms. The van der Waals surface area contributed by atoms with E-state index in [0.717, 1.165) is 30.2 Å². The summed E-state index contributed by atoms with van der Waals surface area (Å²) in [6.45, 7) is 8.51. The first-order chi connectivity index (χ1) is 17.0. The smallest absolute Gasteiger partial charge is 0.242 e. The molecule has 0 heterocycles. The summed E-state index contributed by atoms with van der Waals surface area (Å²) in [4.78, 5) is 27.7. The second-order valence-electron chi connectivity index (χ2n) is 9.15. The number of rotatable bonds is 13. The summed E-state index contributed by atoms with van der Waals surface area (Å²) in [5, 5.41) is 3.39. The van der Waals surface area contributed by atoms with Gasteiger partial charge in [-0.25, -0.2) is 8.42 Å². The minimum atomic E-state index is -3.59. The molecule has 2 rings (SSSR count). The standard InChI is InChI=1S/C27H38ClN3O4S/c1-6-7-16-29-27(33)22(4)30(19-23-12-8-11-20(2)18-23)26(32)15-10-17-31(36(5,34)35)25-14-9-13-24(28)21(25)3/h8-9,11-14,18,22H,6-7,10,15-17,19H2,1-5H3,(H,29,33)/t22-/m0/s1. The van der Waals surface area contributed by atoms with Crippen LogP contribution in [0.5, 0.6) is 0 Å². The molecular formula is C27H38ClN3O4S. The van der Waals surface area contributed by atoms with E-state index >= 15 is 0 Å². The Hall–Kier alpha value is -2.58. The molecule has 0 aromatic heterocycles. The van der Waals surface area contributed by atoms with Gasteiger partial charge in [0.25, 0.3) is 0 Å². The lowest BCUT2D eigenvalue weighted by Gasteiger charge is -2.30. The molecule has 0 fully saturated rings. The molecule has 0 aliphatic carbocycles. The second-order valence-corrected chi connectivity index (χ2v) is 11.5. The monoisotopic (exact) mass is 535 g/mol. The first-order valence-corrected chi connectivity index (χ1v) is 14.5. The van der Waals surface area contributed by atoms with Gasteiger partial charge in [-0.3, -0.25) is 13.9 Å². The van der Waals surface area contributed by atoms with Gasteiger partial charge in [-0.15, -0.1) is 0 Å². The maximum absolute atomic E-state index is 13.4. The molecule has 36 heavy (non-hydrogen) atoms. The second kappa shape index (κ2) is 13.7. The van der Waals surface area contributed by atoms with Crippen LogP contribution in [0.2, 0.25) is 5.02 Å². The third kappa shape index (κ3) is 8.52. The zero-order valence-corrected chi connectivity index (χ0v) is 23.5. The molecular weight excluding hydrogens is 498 g/mol. The number of hydrogen-bond donors (Lipinski definition) is 1. The van der Waals surface area contributed by atoms with Gasteiger partial charge in [0.2, 0.25) is 21.8 Å². The quantitative estimate of drug-likeness (QED) is 0.372. The van der Waals surface area contributed by atoms with E-state index in [1.807, 2.05) is 38.1 Å². The van der Waals surface area contributed by atoms with Crippen molar-refractivity contribution in [3.8, 4) is 0 Å². The summed E-state index contributed by atoms with van der Waals surface area (Å²) in [5.41, 5.74) is 3.16. The van der Waals surface area contributed by atoms with E-state index < -0.39 is 16.1 Å². The van der Waals surface area contributed by atoms with Crippen molar-refractivity contribution >= 4 is 39.1 Å². The molecule has 0 radical (unpaired) electrons. The molecule has 0 saturated carbocycles. The fraction of sp³-hybridized carbons (Fsp3) is 0.481. The summed E-state index contributed by atoms with van der Waals surface area (Å²) in [6, 6.07) is 12.3. The van der Waals surface area contributed by atoms with Crippen molar-refractivity contribution < 1.29 is 18.0 Å². The number of sulfonamides is 1. The van der Waals surface area contributed by atoms with Gasteiger partial charge in [0, 0.05) is 31.1 Å². The van der Waals surface area contributed by atoms with Crippen molar-refractivity contribution in [2.24, 2.45) is 0 Å². The lowest BCUT2D eigenvalue weighted by Crippen LogP contribution is -2.48. The number of benzene rings is 2. The average molecular weight is 536 g/mol. The third-order valence-electron chi connectivity index (χ3n) is 6.09. The molecule has 198 valence electrons. The molecule has 2 amide bonds. The Morgan fingerprint density at radius 1 is 1.08 bits per heavy atom. The Bertz CT molecular complexity index is 1150. The number of amides is 2. The number of hydrogen-bond acceptors (Lipinski definition) is 4. The Labute approximate surface area is 220 Å². The predicted molar refractivity (Wildman–Crippen MR) is 147 cm³/mol. The largest absolute Gasteiger partial charge is 0.354 e. The third-order valence-corrected chi connectivity index (χ3v) is 7.68. The van der Waals surface area contributed by atoms with Crippen LogP contribution in [0.4, 0.5) is 5.69 Å². The summed E-state index contributed by atoms with van der Waals surface area (Å²) in [7, 11) is -3.59. The van der Waals surface area contributed by atoms with Crippen LogP contribution in [0.25, 0.3) is 0 Å². The Kier molecular flexibility index (Phi) is 11.2. The van der Waals surface area contributed by atoms with Crippen molar-refractivity contribution in [2.75, 3.05) is 23.7 Å². The van der Waals surface area contributed by atoms with Crippen LogP contribution < -0.4 is 9.62 Å². The molecule has 7 nitrogen and oxygen atoms in total. The lowest BCUT2D eigenvalue weighted by molar-refractivity contribution is -0.140. The number of nitrogens with zero attached hydrogens (tertiary/aromatic N) is 2. The van der Waals surface area contributed by atoms with Crippen molar-refractivity contribution in [1.29, 1.82) is 0 Å². The van der Waals surface area contributed by atoms with E-state index in [1.165, 1.54) is 4.31 Å². The van der Waals surface area contributed by atoms with Gasteiger partial charge in [-0.2, -0.15) is 0 Å². The number of aryl methyl sites for hydroxylation is 1. The van der Waals surface area contributed by atoms with Gasteiger partial charge in [0.1, 0.15) is 6.04 Å². The van der Waals surface area contributed by atoms with Crippen LogP contribution in [-0.4, -0.2) is 50.5 Å². The number of unbranched alkanes of at least 4 members (excludes halogenated alkanes) is 1. The van der Waals surface area contributed by atoms with Crippen molar-refractivity contribution in [2.45, 2.75) is 66.0 Å². The highest BCUT2D eigenvalue weighted by Gasteiger charge is 2.27. The molecule has 9 heteroatoms. The SMILES string of the molecule is CCCCNC(=O)[C@H](C)N(Cc1cccc(C)c1)C(=O)CCCN(c1cccc(Cl)c1C)S(C)(=O)=O. The topological polar surface area (TPSA) is 86.8 Å². The Morgan fingerprint density at radius 3 is 2.42 bits per heavy atom. The summed E-state index contributed by atoms with van der Waals surface area (Å²) in [6.07, 6.45) is 3.37. The van der Waals surface area contributed by atoms with Crippen LogP contribution in [0.3, 0.4) is 0 Å². The molecule has 1 N–H and O–H groups in total. The molecule has 0 aliphatic heterocycles. The Morgan fingerprint density at radius 2 is 1.78 bits per heavy atom. The van der Waals surface area contributed by atoms with E-state index in [0.29, 0.717) is 35.8 Å². The molecule has 0 bridgehead atoms. The van der Waals surface area contributed by atoms with Crippen LogP contribution >= 0.6 is 11.6 Å². The fourth-order valence-electron chi connectivity index (χ4n) is 3.97. The lowest BCUT2D eigenvalue weighted by atomic mass is 10.1. The van der Waals surface area contributed by atoms with E-state index in [1.54, 1.807) is 36.9 Å². The maximum Gasteiger partial charge on any atom is 0.242 e. The number of anilines is 1. The van der Waals surface area contributed by atoms with Crippen molar-refractivity contribution in [1.82, 2.24) is 10.2 Å². The number of carbonyl (C=O) groups excluding carboxylic acids is 2. The van der Waals surface area contributed by atoms with Crippen molar-refractivity contribution in [3.63, 3.8) is 0 Å². The van der Waals surface area contributed by atoms with Crippen LogP contribution in [0, 0.1) is 13.8 Å². The van der Waals surface area contributed by atoms with E-state index in [9.17, 15) is 18.0 Å². The van der Waals surface area contributed by atoms with E-state index in [-0.39, 0.29) is 24.8 Å². The molecule has 0 saturated heterocycles. The highest BCUT2D eigenvalue weighted by molar-refractivity contribution is 7.92. The molecule has 1 atom stereocenters. The molecule has 0 aliphatic rings. The first kappa shape index (κ1) is 29.6. The van der Waals surface area contributed by atoms with Crippen LogP contribution in [0.1, 0.15) is 56.2 Å². The van der Waals surface area contributed by atoms with Gasteiger partial charge in [0.05, 0.1) is 11.9 Å². The highest BCUT2D eigenvalue weighted by Crippen LogP contribution is 2.28. The zero-order chi connectivity index (χ0) is 26.9. The number of nitrogens with one attached hydrogen (secondary N) is 1. The first-order valence-electron chi connectivity index (χ1n) is 12.3. The van der Waals surface area contributed by atoms with E-state index in [2.05, 4.69) is 5.32 Å². The van der Waals surface area contributed by atoms with Gasteiger partial charge in [-0.1, -0.05) is 60.8 Å². The molecule has 0 unspecified atom stereocenters. The molecule has 2 aromatic carbocycles. The Balaban J connectivity index is 2.18. The highest BCUT2D eigenvalue weighted by atomic mass is 35.5. The van der Waals surface area contributed by atoms with Gasteiger partial charge >= 0.3 is 0 Å². The molecule has 2 aromatic rings. The van der Waals surface area contributed by atoms with Gasteiger partial charge in [0.15, 0.2) is 0 Å². The number of halogens is 1. The van der Waals surface area contributed by atoms with Crippen molar-refractivity contribution in [3.05, 3.63) is 64.2 Å². The van der Waals surface area contributed by atoms with Crippen LogP contribution in [0.15, 0.2) is 42.5 Å². The normalized spacial score (nSPS) is 12.2. The van der Waals surface area contributed by atoms with Gasteiger partial charge < -0.3 is 10.2 Å². The minimum Gasteiger partial charge on any atom is -0.354 e. The van der Waals surface area contributed by atoms with E-state index in [4.69, 9.17) is 11.6 Å². The average Bonchev–Trinajstić information content (AvgIpc) is 2.81. The summed E-state index contributed by atoms with van der Waals surface area (Å²) < 4.78 is 26.4.